The highest BCUT2D eigenvalue weighted by Gasteiger charge is 2.09. The first-order valence-corrected chi connectivity index (χ1v) is 5.76. The second-order valence-electron chi connectivity index (χ2n) is 3.04. The summed E-state index contributed by atoms with van der Waals surface area (Å²) in [5.41, 5.74) is 1.23. The molecule has 5 heteroatoms. The van der Waals surface area contributed by atoms with E-state index in [9.17, 15) is 4.79 Å². The van der Waals surface area contributed by atoms with Gasteiger partial charge in [-0.05, 0) is 35.9 Å². The van der Waals surface area contributed by atoms with E-state index < -0.39 is 5.24 Å². The zero-order valence-corrected chi connectivity index (χ0v) is 10.0. The molecule has 0 bridgehead atoms. The average Bonchev–Trinajstić information content (AvgIpc) is 2.78. The van der Waals surface area contributed by atoms with Gasteiger partial charge in [0, 0.05) is 10.9 Å². The minimum atomic E-state index is -0.531. The van der Waals surface area contributed by atoms with E-state index in [-0.39, 0.29) is 5.69 Å². The molecule has 82 valence electrons. The number of halogens is 1. The van der Waals surface area contributed by atoms with Gasteiger partial charge >= 0.3 is 0 Å². The summed E-state index contributed by atoms with van der Waals surface area (Å²) in [5, 5.41) is 1.89. The SMILES string of the molecule is COc1ccc(-c2nc(C(=O)Cl)cs2)cc1. The monoisotopic (exact) mass is 253 g/mol. The molecule has 0 radical (unpaired) electrons. The van der Waals surface area contributed by atoms with E-state index in [1.165, 1.54) is 11.3 Å². The highest BCUT2D eigenvalue weighted by molar-refractivity contribution is 7.13. The van der Waals surface area contributed by atoms with Crippen LogP contribution in [0.15, 0.2) is 29.6 Å². The maximum absolute atomic E-state index is 10.9. The largest absolute Gasteiger partial charge is 0.497 e. The number of thiazole rings is 1. The van der Waals surface area contributed by atoms with Crippen molar-refractivity contribution >= 4 is 28.2 Å². The number of aromatic nitrogens is 1. The molecule has 0 N–H and O–H groups in total. The molecule has 1 heterocycles. The van der Waals surface area contributed by atoms with Gasteiger partial charge in [0.05, 0.1) is 7.11 Å². The predicted molar refractivity (Wildman–Crippen MR) is 64.3 cm³/mol. The lowest BCUT2D eigenvalue weighted by molar-refractivity contribution is 0.107. The summed E-state index contributed by atoms with van der Waals surface area (Å²) in [7, 11) is 1.61. The number of hydrogen-bond acceptors (Lipinski definition) is 4. The predicted octanol–water partition coefficient (Wildman–Crippen LogP) is 3.20. The molecular weight excluding hydrogens is 246 g/mol. The fourth-order valence-electron chi connectivity index (χ4n) is 1.23. The molecule has 0 saturated heterocycles. The van der Waals surface area contributed by atoms with E-state index in [1.807, 2.05) is 24.3 Å². The van der Waals surface area contributed by atoms with Gasteiger partial charge in [-0.25, -0.2) is 4.98 Å². The van der Waals surface area contributed by atoms with Crippen molar-refractivity contribution in [1.82, 2.24) is 4.98 Å². The Morgan fingerprint density at radius 3 is 2.56 bits per heavy atom. The van der Waals surface area contributed by atoms with Crippen LogP contribution < -0.4 is 4.74 Å². The minimum absolute atomic E-state index is 0.289. The van der Waals surface area contributed by atoms with Gasteiger partial charge < -0.3 is 4.74 Å². The molecule has 3 nitrogen and oxygen atoms in total. The Labute approximate surface area is 102 Å². The smallest absolute Gasteiger partial charge is 0.271 e. The van der Waals surface area contributed by atoms with Crippen molar-refractivity contribution in [3.63, 3.8) is 0 Å². The van der Waals surface area contributed by atoms with Crippen molar-refractivity contribution in [2.45, 2.75) is 0 Å². The highest BCUT2D eigenvalue weighted by Crippen LogP contribution is 2.26. The Morgan fingerprint density at radius 2 is 2.06 bits per heavy atom. The Morgan fingerprint density at radius 1 is 1.38 bits per heavy atom. The molecule has 1 aromatic heterocycles. The summed E-state index contributed by atoms with van der Waals surface area (Å²) in [6.07, 6.45) is 0. The fraction of sp³-hybridized carbons (Fsp3) is 0.0909. The number of carbonyl (C=O) groups is 1. The first kappa shape index (κ1) is 11.1. The quantitative estimate of drug-likeness (QED) is 0.789. The van der Waals surface area contributed by atoms with Crippen LogP contribution in [-0.2, 0) is 0 Å². The summed E-state index contributed by atoms with van der Waals surface area (Å²) in [6, 6.07) is 7.47. The third-order valence-corrected chi connectivity index (χ3v) is 3.13. The number of rotatable bonds is 3. The van der Waals surface area contributed by atoms with Gasteiger partial charge in [-0.3, -0.25) is 4.79 Å². The molecular formula is C11H8ClNO2S. The van der Waals surface area contributed by atoms with E-state index in [2.05, 4.69) is 4.98 Å². The van der Waals surface area contributed by atoms with Crippen molar-refractivity contribution in [3.05, 3.63) is 35.3 Å². The van der Waals surface area contributed by atoms with Crippen LogP contribution in [-0.4, -0.2) is 17.3 Å². The molecule has 0 saturated carbocycles. The van der Waals surface area contributed by atoms with Crippen LogP contribution in [0.25, 0.3) is 10.6 Å². The second kappa shape index (κ2) is 4.63. The molecule has 2 rings (SSSR count). The third-order valence-electron chi connectivity index (χ3n) is 2.04. The summed E-state index contributed by atoms with van der Waals surface area (Å²) in [6.45, 7) is 0. The number of carbonyl (C=O) groups excluding carboxylic acids is 1. The van der Waals surface area contributed by atoms with Gasteiger partial charge in [-0.15, -0.1) is 11.3 Å². The van der Waals surface area contributed by atoms with Gasteiger partial charge in [-0.2, -0.15) is 0 Å². The van der Waals surface area contributed by atoms with Crippen LogP contribution in [0.5, 0.6) is 5.75 Å². The molecule has 0 atom stereocenters. The van der Waals surface area contributed by atoms with Gasteiger partial charge in [0.2, 0.25) is 0 Å². The summed E-state index contributed by atoms with van der Waals surface area (Å²) >= 11 is 6.72. The lowest BCUT2D eigenvalue weighted by Crippen LogP contribution is -1.88. The first-order chi connectivity index (χ1) is 7.70. The Balaban J connectivity index is 2.31. The molecule has 0 aliphatic rings. The molecule has 0 unspecified atom stereocenters. The van der Waals surface area contributed by atoms with Crippen molar-refractivity contribution in [2.75, 3.05) is 7.11 Å². The maximum Gasteiger partial charge on any atom is 0.271 e. The molecule has 16 heavy (non-hydrogen) atoms. The molecule has 2 aromatic rings. The third kappa shape index (κ3) is 2.23. The number of ether oxygens (including phenoxy) is 1. The van der Waals surface area contributed by atoms with Crippen molar-refractivity contribution in [2.24, 2.45) is 0 Å². The maximum atomic E-state index is 10.9. The summed E-state index contributed by atoms with van der Waals surface area (Å²) < 4.78 is 5.06. The Hall–Kier alpha value is -1.39. The van der Waals surface area contributed by atoms with Gasteiger partial charge in [0.1, 0.15) is 16.5 Å². The van der Waals surface area contributed by atoms with Crippen LogP contribution in [0.3, 0.4) is 0 Å². The average molecular weight is 254 g/mol. The van der Waals surface area contributed by atoms with Crippen LogP contribution >= 0.6 is 22.9 Å². The van der Waals surface area contributed by atoms with E-state index >= 15 is 0 Å². The second-order valence-corrected chi connectivity index (χ2v) is 4.24. The number of nitrogens with zero attached hydrogens (tertiary/aromatic N) is 1. The van der Waals surface area contributed by atoms with Gasteiger partial charge in [0.25, 0.3) is 5.24 Å². The minimum Gasteiger partial charge on any atom is -0.497 e. The van der Waals surface area contributed by atoms with E-state index in [1.54, 1.807) is 12.5 Å². The number of methoxy groups -OCH3 is 1. The lowest BCUT2D eigenvalue weighted by Gasteiger charge is -1.99. The summed E-state index contributed by atoms with van der Waals surface area (Å²) in [4.78, 5) is 15.0. The normalized spacial score (nSPS) is 10.1. The van der Waals surface area contributed by atoms with Crippen LogP contribution in [0.1, 0.15) is 10.5 Å². The fourth-order valence-corrected chi connectivity index (χ4v) is 2.20. The zero-order valence-electron chi connectivity index (χ0n) is 8.44. The molecule has 1 aromatic carbocycles. The van der Waals surface area contributed by atoms with E-state index in [4.69, 9.17) is 16.3 Å². The topological polar surface area (TPSA) is 39.2 Å². The van der Waals surface area contributed by atoms with Crippen LogP contribution in [0.2, 0.25) is 0 Å². The van der Waals surface area contributed by atoms with Gasteiger partial charge in [-0.1, -0.05) is 0 Å². The standard InChI is InChI=1S/C11H8ClNO2S/c1-15-8-4-2-7(3-5-8)11-13-9(6-16-11)10(12)14/h2-6H,1H3. The van der Waals surface area contributed by atoms with Crippen molar-refractivity contribution < 1.29 is 9.53 Å². The number of benzene rings is 1. The van der Waals surface area contributed by atoms with Crippen molar-refractivity contribution in [1.29, 1.82) is 0 Å². The summed E-state index contributed by atoms with van der Waals surface area (Å²) in [5.74, 6) is 0.786. The van der Waals surface area contributed by atoms with Gasteiger partial charge in [0.15, 0.2) is 0 Å². The highest BCUT2D eigenvalue weighted by atomic mass is 35.5. The molecule has 0 amide bonds. The zero-order chi connectivity index (χ0) is 11.5. The molecule has 0 aliphatic heterocycles. The molecule has 0 spiro atoms. The Kier molecular flexibility index (Phi) is 3.22. The van der Waals surface area contributed by atoms with E-state index in [0.717, 1.165) is 16.3 Å². The molecule has 0 aliphatic carbocycles. The van der Waals surface area contributed by atoms with Crippen LogP contribution in [0.4, 0.5) is 0 Å². The van der Waals surface area contributed by atoms with Crippen molar-refractivity contribution in [3.8, 4) is 16.3 Å². The van der Waals surface area contributed by atoms with Crippen LogP contribution in [0, 0.1) is 0 Å². The lowest BCUT2D eigenvalue weighted by atomic mass is 10.2. The first-order valence-electron chi connectivity index (χ1n) is 4.50. The number of hydrogen-bond donors (Lipinski definition) is 0. The van der Waals surface area contributed by atoms with E-state index in [0.29, 0.717) is 0 Å². The molecule has 0 fully saturated rings. The Bertz CT molecular complexity index is 507.